The van der Waals surface area contributed by atoms with E-state index in [1.54, 1.807) is 24.3 Å². The van der Waals surface area contributed by atoms with Crippen LogP contribution in [-0.4, -0.2) is 23.7 Å². The monoisotopic (exact) mass is 302 g/mol. The van der Waals surface area contributed by atoms with Gasteiger partial charge in [0.25, 0.3) is 0 Å². The molecule has 3 rings (SSSR count). The fourth-order valence-electron chi connectivity index (χ4n) is 3.84. The van der Waals surface area contributed by atoms with Gasteiger partial charge in [-0.1, -0.05) is 12.1 Å². The van der Waals surface area contributed by atoms with Gasteiger partial charge in [-0.15, -0.1) is 0 Å². The SMILES string of the molecule is O=C(NCc1ccc(C(=O)O)cc1)NCC12CCC(CC1)C2. The first kappa shape index (κ1) is 14.9. The highest BCUT2D eigenvalue weighted by Crippen LogP contribution is 2.53. The molecule has 0 radical (unpaired) electrons. The molecule has 0 saturated heterocycles. The molecule has 3 N–H and O–H groups in total. The van der Waals surface area contributed by atoms with Crippen LogP contribution in [0.4, 0.5) is 4.79 Å². The van der Waals surface area contributed by atoms with Gasteiger partial charge < -0.3 is 15.7 Å². The van der Waals surface area contributed by atoms with Gasteiger partial charge in [-0.2, -0.15) is 0 Å². The largest absolute Gasteiger partial charge is 0.478 e. The molecule has 1 aromatic carbocycles. The standard InChI is InChI=1S/C17H22N2O3/c20-15(21)14-3-1-13(2-4-14)10-18-16(22)19-11-17-7-5-12(9-17)6-8-17/h1-4,12H,5-11H2,(H,20,21)(H2,18,19,22). The zero-order chi connectivity index (χ0) is 15.6. The summed E-state index contributed by atoms with van der Waals surface area (Å²) in [5.41, 5.74) is 1.50. The molecule has 2 saturated carbocycles. The number of nitrogens with one attached hydrogen (secondary N) is 2. The Labute approximate surface area is 130 Å². The number of fused-ring (bicyclic) bond motifs is 2. The Morgan fingerprint density at radius 3 is 2.36 bits per heavy atom. The number of hydrogen-bond donors (Lipinski definition) is 3. The first-order chi connectivity index (χ1) is 10.6. The number of carbonyl (C=O) groups excluding carboxylic acids is 1. The van der Waals surface area contributed by atoms with Gasteiger partial charge in [-0.05, 0) is 61.1 Å². The van der Waals surface area contributed by atoms with Crippen LogP contribution < -0.4 is 10.6 Å². The molecular weight excluding hydrogens is 280 g/mol. The van der Waals surface area contributed by atoms with Gasteiger partial charge in [0.1, 0.15) is 0 Å². The van der Waals surface area contributed by atoms with E-state index >= 15 is 0 Å². The summed E-state index contributed by atoms with van der Waals surface area (Å²) in [4.78, 5) is 22.7. The summed E-state index contributed by atoms with van der Waals surface area (Å²) < 4.78 is 0. The average Bonchev–Trinajstić information content (AvgIpc) is 3.12. The molecule has 0 heterocycles. The lowest BCUT2D eigenvalue weighted by Crippen LogP contribution is -2.41. The smallest absolute Gasteiger partial charge is 0.335 e. The van der Waals surface area contributed by atoms with Crippen LogP contribution in [0.5, 0.6) is 0 Å². The van der Waals surface area contributed by atoms with Crippen LogP contribution in [0.1, 0.15) is 48.0 Å². The Balaban J connectivity index is 1.43. The second-order valence-electron chi connectivity index (χ2n) is 6.69. The minimum Gasteiger partial charge on any atom is -0.478 e. The Hall–Kier alpha value is -2.04. The molecule has 0 aliphatic heterocycles. The minimum atomic E-state index is -0.942. The van der Waals surface area contributed by atoms with E-state index in [1.807, 2.05) is 0 Å². The van der Waals surface area contributed by atoms with Crippen molar-refractivity contribution in [3.63, 3.8) is 0 Å². The third kappa shape index (κ3) is 3.24. The first-order valence-corrected chi connectivity index (χ1v) is 7.90. The number of aromatic carboxylic acids is 1. The van der Waals surface area contributed by atoms with Crippen LogP contribution in [0, 0.1) is 11.3 Å². The van der Waals surface area contributed by atoms with E-state index in [2.05, 4.69) is 10.6 Å². The van der Waals surface area contributed by atoms with Crippen molar-refractivity contribution in [2.45, 2.75) is 38.6 Å². The number of hydrogen-bond acceptors (Lipinski definition) is 2. The maximum atomic E-state index is 11.9. The van der Waals surface area contributed by atoms with Crippen LogP contribution in [-0.2, 0) is 6.54 Å². The van der Waals surface area contributed by atoms with E-state index < -0.39 is 5.97 Å². The van der Waals surface area contributed by atoms with E-state index in [1.165, 1.54) is 32.1 Å². The molecule has 0 atom stereocenters. The van der Waals surface area contributed by atoms with Gasteiger partial charge in [-0.3, -0.25) is 0 Å². The molecule has 5 nitrogen and oxygen atoms in total. The Morgan fingerprint density at radius 1 is 1.14 bits per heavy atom. The number of benzene rings is 1. The lowest BCUT2D eigenvalue weighted by molar-refractivity contribution is 0.0697. The normalized spacial score (nSPS) is 25.9. The Morgan fingerprint density at radius 2 is 1.82 bits per heavy atom. The molecular formula is C17H22N2O3. The van der Waals surface area contributed by atoms with Gasteiger partial charge in [0.15, 0.2) is 0 Å². The summed E-state index contributed by atoms with van der Waals surface area (Å²) in [7, 11) is 0. The molecule has 1 aromatic rings. The number of carbonyl (C=O) groups is 2. The summed E-state index contributed by atoms with van der Waals surface area (Å²) in [5, 5.41) is 14.7. The molecule has 2 amide bonds. The zero-order valence-corrected chi connectivity index (χ0v) is 12.6. The van der Waals surface area contributed by atoms with Crippen LogP contribution in [0.15, 0.2) is 24.3 Å². The average molecular weight is 302 g/mol. The van der Waals surface area contributed by atoms with Gasteiger partial charge in [0.2, 0.25) is 0 Å². The maximum Gasteiger partial charge on any atom is 0.335 e. The van der Waals surface area contributed by atoms with Crippen molar-refractivity contribution in [2.75, 3.05) is 6.54 Å². The number of rotatable bonds is 5. The van der Waals surface area contributed by atoms with E-state index in [-0.39, 0.29) is 11.6 Å². The third-order valence-corrected chi connectivity index (χ3v) is 5.17. The summed E-state index contributed by atoms with van der Waals surface area (Å²) in [6, 6.07) is 6.40. The number of amides is 2. The van der Waals surface area contributed by atoms with Crippen molar-refractivity contribution in [1.82, 2.24) is 10.6 Å². The quantitative estimate of drug-likeness (QED) is 0.782. The molecule has 0 spiro atoms. The second-order valence-corrected chi connectivity index (χ2v) is 6.69. The fourth-order valence-corrected chi connectivity index (χ4v) is 3.84. The van der Waals surface area contributed by atoms with Crippen LogP contribution in [0.25, 0.3) is 0 Å². The van der Waals surface area contributed by atoms with Gasteiger partial charge >= 0.3 is 12.0 Å². The molecule has 0 aromatic heterocycles. The van der Waals surface area contributed by atoms with Gasteiger partial charge in [0, 0.05) is 13.1 Å². The molecule has 2 aliphatic carbocycles. The maximum absolute atomic E-state index is 11.9. The highest BCUT2D eigenvalue weighted by Gasteiger charge is 2.44. The summed E-state index contributed by atoms with van der Waals surface area (Å²) in [5.74, 6) is -0.0550. The molecule has 2 bridgehead atoms. The van der Waals surface area contributed by atoms with Crippen molar-refractivity contribution in [3.8, 4) is 0 Å². The lowest BCUT2D eigenvalue weighted by Gasteiger charge is -2.26. The number of carboxylic acids is 1. The Kier molecular flexibility index (Phi) is 4.05. The third-order valence-electron chi connectivity index (χ3n) is 5.17. The van der Waals surface area contributed by atoms with Gasteiger partial charge in [0.05, 0.1) is 5.56 Å². The highest BCUT2D eigenvalue weighted by atomic mass is 16.4. The summed E-state index contributed by atoms with van der Waals surface area (Å²) in [6.07, 6.45) is 6.39. The van der Waals surface area contributed by atoms with Crippen LogP contribution >= 0.6 is 0 Å². The zero-order valence-electron chi connectivity index (χ0n) is 12.6. The topological polar surface area (TPSA) is 78.4 Å². The first-order valence-electron chi connectivity index (χ1n) is 7.90. The number of urea groups is 1. The molecule has 5 heteroatoms. The fraction of sp³-hybridized carbons (Fsp3) is 0.529. The van der Waals surface area contributed by atoms with Crippen molar-refractivity contribution in [1.29, 1.82) is 0 Å². The van der Waals surface area contributed by atoms with Crippen molar-refractivity contribution in [2.24, 2.45) is 11.3 Å². The predicted octanol–water partition coefficient (Wildman–Crippen LogP) is 2.76. The van der Waals surface area contributed by atoms with Crippen molar-refractivity contribution < 1.29 is 14.7 Å². The predicted molar refractivity (Wildman–Crippen MR) is 82.6 cm³/mol. The number of carboxylic acid groups (broad SMARTS) is 1. The van der Waals surface area contributed by atoms with Gasteiger partial charge in [-0.25, -0.2) is 9.59 Å². The van der Waals surface area contributed by atoms with Crippen molar-refractivity contribution >= 4 is 12.0 Å². The minimum absolute atomic E-state index is 0.146. The van der Waals surface area contributed by atoms with E-state index in [9.17, 15) is 9.59 Å². The van der Waals surface area contributed by atoms with E-state index in [4.69, 9.17) is 5.11 Å². The lowest BCUT2D eigenvalue weighted by atomic mass is 9.84. The molecule has 0 unspecified atom stereocenters. The highest BCUT2D eigenvalue weighted by molar-refractivity contribution is 5.87. The van der Waals surface area contributed by atoms with E-state index in [0.717, 1.165) is 18.0 Å². The van der Waals surface area contributed by atoms with Crippen LogP contribution in [0.3, 0.4) is 0 Å². The second kappa shape index (κ2) is 5.99. The van der Waals surface area contributed by atoms with E-state index in [0.29, 0.717) is 12.0 Å². The van der Waals surface area contributed by atoms with Crippen molar-refractivity contribution in [3.05, 3.63) is 35.4 Å². The van der Waals surface area contributed by atoms with Crippen LogP contribution in [0.2, 0.25) is 0 Å². The summed E-state index contributed by atoms with van der Waals surface area (Å²) >= 11 is 0. The summed E-state index contributed by atoms with van der Waals surface area (Å²) in [6.45, 7) is 1.18. The Bertz CT molecular complexity index is 560. The molecule has 118 valence electrons. The molecule has 2 fully saturated rings. The molecule has 22 heavy (non-hydrogen) atoms. The molecule has 2 aliphatic rings.